The molecule has 2 rings (SSSR count). The third kappa shape index (κ3) is 2.88. The molecule has 0 spiro atoms. The van der Waals surface area contributed by atoms with Crippen LogP contribution in [0.1, 0.15) is 18.4 Å². The van der Waals surface area contributed by atoms with Gasteiger partial charge < -0.3 is 10.8 Å². The van der Waals surface area contributed by atoms with Gasteiger partial charge in [0.2, 0.25) is 10.0 Å². The molecule has 0 unspecified atom stereocenters. The lowest BCUT2D eigenvalue weighted by molar-refractivity contribution is 0.213. The van der Waals surface area contributed by atoms with Gasteiger partial charge in [-0.1, -0.05) is 0 Å². The third-order valence-electron chi connectivity index (χ3n) is 3.54. The summed E-state index contributed by atoms with van der Waals surface area (Å²) in [4.78, 5) is -0.154. The van der Waals surface area contributed by atoms with Gasteiger partial charge in [-0.25, -0.2) is 17.5 Å². The monoisotopic (exact) mass is 288 g/mol. The van der Waals surface area contributed by atoms with E-state index >= 15 is 0 Å². The number of nitrogens with two attached hydrogens (primary N) is 1. The van der Waals surface area contributed by atoms with Gasteiger partial charge in [0, 0.05) is 29.8 Å². The molecular weight excluding hydrogens is 271 g/mol. The quantitative estimate of drug-likeness (QED) is 0.698. The van der Waals surface area contributed by atoms with E-state index in [1.807, 2.05) is 0 Å². The first kappa shape index (κ1) is 14.2. The van der Waals surface area contributed by atoms with Gasteiger partial charge in [0.25, 0.3) is 0 Å². The molecule has 4 N–H and O–H groups in total. The van der Waals surface area contributed by atoms with Gasteiger partial charge in [-0.05, 0) is 31.9 Å². The zero-order valence-electron chi connectivity index (χ0n) is 10.6. The van der Waals surface area contributed by atoms with Crippen molar-refractivity contribution in [1.82, 2.24) is 4.72 Å². The largest absolute Gasteiger partial charge is 0.399 e. The normalized spacial score (nSPS) is 17.4. The molecule has 0 atom stereocenters. The van der Waals surface area contributed by atoms with E-state index in [0.29, 0.717) is 0 Å². The number of sulfonamides is 1. The molecule has 5 nitrogen and oxygen atoms in total. The first-order valence-corrected chi connectivity index (χ1v) is 7.44. The third-order valence-corrected chi connectivity index (χ3v) is 5.07. The molecule has 0 amide bonds. The summed E-state index contributed by atoms with van der Waals surface area (Å²) in [6.07, 6.45) is 1.58. The van der Waals surface area contributed by atoms with Crippen molar-refractivity contribution in [2.24, 2.45) is 5.41 Å². The SMILES string of the molecule is Cc1c(F)cc(N)cc1S(=O)(=O)NCC1(CO)CC1. The maximum Gasteiger partial charge on any atom is 0.241 e. The molecule has 0 aliphatic heterocycles. The van der Waals surface area contributed by atoms with Gasteiger partial charge in [0.15, 0.2) is 0 Å². The van der Waals surface area contributed by atoms with Crippen LogP contribution >= 0.6 is 0 Å². The predicted octanol–water partition coefficient (Wildman–Crippen LogP) is 0.767. The zero-order valence-corrected chi connectivity index (χ0v) is 11.4. The van der Waals surface area contributed by atoms with E-state index in [0.717, 1.165) is 18.9 Å². The van der Waals surface area contributed by atoms with E-state index in [2.05, 4.69) is 4.72 Å². The summed E-state index contributed by atoms with van der Waals surface area (Å²) >= 11 is 0. The zero-order chi connectivity index (χ0) is 14.3. The van der Waals surface area contributed by atoms with Crippen molar-refractivity contribution >= 4 is 15.7 Å². The highest BCUT2D eigenvalue weighted by Gasteiger charge is 2.42. The molecule has 1 aromatic rings. The second-order valence-electron chi connectivity index (χ2n) is 5.11. The topological polar surface area (TPSA) is 92.4 Å². The van der Waals surface area contributed by atoms with Gasteiger partial charge in [0.05, 0.1) is 4.90 Å². The van der Waals surface area contributed by atoms with E-state index in [1.54, 1.807) is 0 Å². The Balaban J connectivity index is 2.25. The van der Waals surface area contributed by atoms with E-state index in [1.165, 1.54) is 13.0 Å². The van der Waals surface area contributed by atoms with E-state index in [9.17, 15) is 12.8 Å². The number of hydrogen-bond acceptors (Lipinski definition) is 4. The van der Waals surface area contributed by atoms with Gasteiger partial charge in [0.1, 0.15) is 5.82 Å². The van der Waals surface area contributed by atoms with E-state index < -0.39 is 15.8 Å². The summed E-state index contributed by atoms with van der Waals surface area (Å²) in [6.45, 7) is 1.49. The first-order valence-electron chi connectivity index (χ1n) is 5.96. The predicted molar refractivity (Wildman–Crippen MR) is 69.5 cm³/mol. The molecule has 0 heterocycles. The lowest BCUT2D eigenvalue weighted by Crippen LogP contribution is -2.32. The number of benzene rings is 1. The average molecular weight is 288 g/mol. The highest BCUT2D eigenvalue weighted by Crippen LogP contribution is 2.44. The molecule has 1 fully saturated rings. The van der Waals surface area contributed by atoms with E-state index in [4.69, 9.17) is 10.8 Å². The first-order chi connectivity index (χ1) is 8.80. The fraction of sp³-hybridized carbons (Fsp3) is 0.500. The van der Waals surface area contributed by atoms with Crippen molar-refractivity contribution in [3.63, 3.8) is 0 Å². The minimum absolute atomic E-state index is 0.0375. The average Bonchev–Trinajstić information content (AvgIpc) is 3.12. The minimum Gasteiger partial charge on any atom is -0.399 e. The number of hydrogen-bond donors (Lipinski definition) is 3. The molecule has 106 valence electrons. The van der Waals surface area contributed by atoms with Crippen LogP contribution in [0.2, 0.25) is 0 Å². The lowest BCUT2D eigenvalue weighted by Gasteiger charge is -2.15. The lowest BCUT2D eigenvalue weighted by atomic mass is 10.1. The number of aliphatic hydroxyl groups is 1. The summed E-state index contributed by atoms with van der Waals surface area (Å²) < 4.78 is 40.2. The van der Waals surface area contributed by atoms with Crippen molar-refractivity contribution in [3.8, 4) is 0 Å². The number of halogens is 1. The van der Waals surface area contributed by atoms with Gasteiger partial charge >= 0.3 is 0 Å². The molecule has 7 heteroatoms. The maximum atomic E-state index is 13.5. The molecule has 0 bridgehead atoms. The molecule has 1 aliphatic carbocycles. The van der Waals surface area contributed by atoms with Crippen molar-refractivity contribution in [2.75, 3.05) is 18.9 Å². The number of nitrogen functional groups attached to an aromatic ring is 1. The number of rotatable bonds is 5. The Hall–Kier alpha value is -1.18. The van der Waals surface area contributed by atoms with Crippen LogP contribution in [0.25, 0.3) is 0 Å². The molecule has 0 aromatic heterocycles. The van der Waals surface area contributed by atoms with Gasteiger partial charge in [-0.3, -0.25) is 0 Å². The standard InChI is InChI=1S/C12H17FN2O3S/c1-8-10(13)4-9(14)5-11(8)19(17,18)15-6-12(7-16)2-3-12/h4-5,15-16H,2-3,6-7,14H2,1H3. The molecule has 0 saturated heterocycles. The summed E-state index contributed by atoms with van der Waals surface area (Å²) in [5.41, 5.74) is 5.23. The van der Waals surface area contributed by atoms with Crippen LogP contribution in [0.15, 0.2) is 17.0 Å². The van der Waals surface area contributed by atoms with Crippen LogP contribution in [-0.4, -0.2) is 26.7 Å². The van der Waals surface area contributed by atoms with Crippen molar-refractivity contribution < 1.29 is 17.9 Å². The maximum absolute atomic E-state index is 13.5. The second-order valence-corrected chi connectivity index (χ2v) is 6.84. The number of nitrogens with one attached hydrogen (secondary N) is 1. The van der Waals surface area contributed by atoms with Crippen LogP contribution in [-0.2, 0) is 10.0 Å². The Morgan fingerprint density at radius 3 is 2.63 bits per heavy atom. The highest BCUT2D eigenvalue weighted by molar-refractivity contribution is 7.89. The Morgan fingerprint density at radius 2 is 2.11 bits per heavy atom. The molecule has 0 radical (unpaired) electrons. The van der Waals surface area contributed by atoms with Crippen molar-refractivity contribution in [2.45, 2.75) is 24.7 Å². The van der Waals surface area contributed by atoms with E-state index in [-0.39, 0.29) is 34.7 Å². The Bertz CT molecular complexity index is 597. The smallest absolute Gasteiger partial charge is 0.241 e. The van der Waals surface area contributed by atoms with Crippen molar-refractivity contribution in [1.29, 1.82) is 0 Å². The molecular formula is C12H17FN2O3S. The van der Waals surface area contributed by atoms with Crippen LogP contribution in [0.5, 0.6) is 0 Å². The molecule has 19 heavy (non-hydrogen) atoms. The Morgan fingerprint density at radius 1 is 1.47 bits per heavy atom. The van der Waals surface area contributed by atoms with Crippen LogP contribution in [0, 0.1) is 18.2 Å². The fourth-order valence-corrected chi connectivity index (χ4v) is 3.29. The van der Waals surface area contributed by atoms with Gasteiger partial charge in [-0.2, -0.15) is 0 Å². The van der Waals surface area contributed by atoms with Crippen molar-refractivity contribution in [3.05, 3.63) is 23.5 Å². The summed E-state index contributed by atoms with van der Waals surface area (Å²) in [6, 6.07) is 2.32. The molecule has 1 aliphatic rings. The minimum atomic E-state index is -3.82. The Labute approximate surface area is 111 Å². The van der Waals surface area contributed by atoms with Gasteiger partial charge in [-0.15, -0.1) is 0 Å². The second kappa shape index (κ2) is 4.73. The number of anilines is 1. The molecule has 1 saturated carbocycles. The summed E-state index contributed by atoms with van der Waals surface area (Å²) in [7, 11) is -3.82. The molecule has 1 aromatic carbocycles. The van der Waals surface area contributed by atoms with Crippen LogP contribution < -0.4 is 10.5 Å². The van der Waals surface area contributed by atoms with Crippen LogP contribution in [0.4, 0.5) is 10.1 Å². The fourth-order valence-electron chi connectivity index (χ4n) is 1.85. The highest BCUT2D eigenvalue weighted by atomic mass is 32.2. The number of aliphatic hydroxyl groups excluding tert-OH is 1. The van der Waals surface area contributed by atoms with Crippen LogP contribution in [0.3, 0.4) is 0 Å². The summed E-state index contributed by atoms with van der Waals surface area (Å²) in [5.74, 6) is -0.649. The summed E-state index contributed by atoms with van der Waals surface area (Å²) in [5, 5.41) is 9.15. The Kier molecular flexibility index (Phi) is 3.55.